The van der Waals surface area contributed by atoms with Crippen molar-refractivity contribution >= 4 is 6.29 Å². The minimum atomic E-state index is -2.10. The molecule has 0 fully saturated rings. The summed E-state index contributed by atoms with van der Waals surface area (Å²) in [6, 6.07) is 8.92. The maximum Gasteiger partial charge on any atom is 0.192 e. The third-order valence-electron chi connectivity index (χ3n) is 2.74. The molecule has 19 heavy (non-hydrogen) atoms. The van der Waals surface area contributed by atoms with Crippen molar-refractivity contribution in [2.75, 3.05) is 0 Å². The van der Waals surface area contributed by atoms with E-state index in [0.717, 1.165) is 12.5 Å². The van der Waals surface area contributed by atoms with Crippen molar-refractivity contribution in [1.29, 1.82) is 0 Å². The van der Waals surface area contributed by atoms with Crippen molar-refractivity contribution in [3.63, 3.8) is 0 Å². The van der Waals surface area contributed by atoms with Gasteiger partial charge in [0.2, 0.25) is 0 Å². The number of rotatable bonds is 7. The van der Waals surface area contributed by atoms with Crippen LogP contribution in [0.4, 0.5) is 0 Å². The van der Waals surface area contributed by atoms with E-state index in [4.69, 9.17) is 9.84 Å². The molecular weight excluding hydrogens is 252 g/mol. The number of hydrogen-bond acceptors (Lipinski definition) is 6. The number of hydrogen-bond donors (Lipinski definition) is 4. The first-order valence-electron chi connectivity index (χ1n) is 5.78. The van der Waals surface area contributed by atoms with Crippen LogP contribution in [0.2, 0.25) is 0 Å². The molecule has 1 aromatic carbocycles. The molecule has 0 saturated carbocycles. The fourth-order valence-corrected chi connectivity index (χ4v) is 1.47. The van der Waals surface area contributed by atoms with E-state index in [1.54, 1.807) is 24.3 Å². The summed E-state index contributed by atoms with van der Waals surface area (Å²) in [5.74, 6) is -2.10. The van der Waals surface area contributed by atoms with Crippen LogP contribution in [0.3, 0.4) is 0 Å². The predicted octanol–water partition coefficient (Wildman–Crippen LogP) is -0.807. The zero-order valence-electron chi connectivity index (χ0n) is 10.5. The Kier molecular flexibility index (Phi) is 5.59. The first-order valence-corrected chi connectivity index (χ1v) is 5.78. The van der Waals surface area contributed by atoms with Gasteiger partial charge in [0.15, 0.2) is 12.1 Å². The zero-order valence-corrected chi connectivity index (χ0v) is 10.5. The largest absolute Gasteiger partial charge is 0.387 e. The lowest BCUT2D eigenvalue weighted by Gasteiger charge is -2.32. The number of benzene rings is 1. The molecule has 0 bridgehead atoms. The molecule has 0 aromatic heterocycles. The third kappa shape index (κ3) is 4.38. The minimum absolute atomic E-state index is 0.00873. The predicted molar refractivity (Wildman–Crippen MR) is 65.9 cm³/mol. The second-order valence-electron chi connectivity index (χ2n) is 4.39. The van der Waals surface area contributed by atoms with E-state index in [-0.39, 0.29) is 12.9 Å². The van der Waals surface area contributed by atoms with Crippen LogP contribution in [0.5, 0.6) is 0 Å². The Labute approximate surface area is 110 Å². The van der Waals surface area contributed by atoms with Gasteiger partial charge in [0, 0.05) is 0 Å². The van der Waals surface area contributed by atoms with Crippen LogP contribution in [0.1, 0.15) is 12.5 Å². The molecule has 106 valence electrons. The van der Waals surface area contributed by atoms with Crippen LogP contribution in [0.25, 0.3) is 0 Å². The monoisotopic (exact) mass is 270 g/mol. The molecule has 0 heterocycles. The second-order valence-corrected chi connectivity index (χ2v) is 4.39. The number of aliphatic hydroxyl groups is 4. The second kappa shape index (κ2) is 6.74. The van der Waals surface area contributed by atoms with Gasteiger partial charge in [-0.15, -0.1) is 0 Å². The molecule has 0 amide bonds. The van der Waals surface area contributed by atoms with Crippen molar-refractivity contribution in [2.24, 2.45) is 0 Å². The Morgan fingerprint density at radius 3 is 2.37 bits per heavy atom. The summed E-state index contributed by atoms with van der Waals surface area (Å²) in [5.41, 5.74) is 0.764. The van der Waals surface area contributed by atoms with E-state index in [1.165, 1.54) is 0 Å². The highest BCUT2D eigenvalue weighted by molar-refractivity contribution is 5.56. The highest BCUT2D eigenvalue weighted by Gasteiger charge is 2.39. The Bertz CT molecular complexity index is 391. The number of carbonyl (C=O) groups is 1. The fourth-order valence-electron chi connectivity index (χ4n) is 1.47. The number of aliphatic hydroxyl groups excluding tert-OH is 3. The molecule has 1 aromatic rings. The Morgan fingerprint density at radius 1 is 1.26 bits per heavy atom. The van der Waals surface area contributed by atoms with E-state index in [1.807, 2.05) is 6.07 Å². The van der Waals surface area contributed by atoms with Crippen molar-refractivity contribution < 1.29 is 30.0 Å². The number of carbonyl (C=O) groups excluding carboxylic acids is 1. The molecule has 0 aliphatic rings. The van der Waals surface area contributed by atoms with Crippen LogP contribution in [-0.2, 0) is 16.1 Å². The fraction of sp³-hybridized carbons (Fsp3) is 0.462. The van der Waals surface area contributed by atoms with Crippen LogP contribution in [-0.4, -0.2) is 50.8 Å². The van der Waals surface area contributed by atoms with Crippen molar-refractivity contribution in [1.82, 2.24) is 0 Å². The van der Waals surface area contributed by atoms with Gasteiger partial charge in [-0.1, -0.05) is 30.3 Å². The summed E-state index contributed by atoms with van der Waals surface area (Å²) < 4.78 is 5.11. The summed E-state index contributed by atoms with van der Waals surface area (Å²) in [6.07, 6.45) is -5.37. The quantitative estimate of drug-likeness (QED) is 0.381. The van der Waals surface area contributed by atoms with Gasteiger partial charge >= 0.3 is 0 Å². The van der Waals surface area contributed by atoms with E-state index >= 15 is 0 Å². The van der Waals surface area contributed by atoms with Gasteiger partial charge < -0.3 is 30.0 Å². The molecule has 0 aliphatic carbocycles. The Balaban J connectivity index is 2.62. The summed E-state index contributed by atoms with van der Waals surface area (Å²) >= 11 is 0. The van der Waals surface area contributed by atoms with Crippen molar-refractivity contribution in [3.05, 3.63) is 35.9 Å². The zero-order chi connectivity index (χ0) is 14.5. The minimum Gasteiger partial charge on any atom is -0.387 e. The van der Waals surface area contributed by atoms with Crippen LogP contribution in [0, 0.1) is 0 Å². The van der Waals surface area contributed by atoms with Gasteiger partial charge in [-0.25, -0.2) is 0 Å². The van der Waals surface area contributed by atoms with Crippen molar-refractivity contribution in [3.8, 4) is 0 Å². The van der Waals surface area contributed by atoms with Gasteiger partial charge in [0.25, 0.3) is 0 Å². The van der Waals surface area contributed by atoms with E-state index in [9.17, 15) is 20.1 Å². The summed E-state index contributed by atoms with van der Waals surface area (Å²) in [7, 11) is 0. The average molecular weight is 270 g/mol. The Hall–Kier alpha value is -1.31. The molecule has 4 N–H and O–H groups in total. The van der Waals surface area contributed by atoms with Crippen LogP contribution in [0.15, 0.2) is 30.3 Å². The maximum atomic E-state index is 10.3. The van der Waals surface area contributed by atoms with E-state index in [0.29, 0.717) is 0 Å². The van der Waals surface area contributed by atoms with Gasteiger partial charge in [-0.05, 0) is 12.5 Å². The molecule has 4 atom stereocenters. The molecule has 0 radical (unpaired) electrons. The maximum absolute atomic E-state index is 10.3. The lowest BCUT2D eigenvalue weighted by atomic mass is 10.0. The van der Waals surface area contributed by atoms with Gasteiger partial charge in [-0.2, -0.15) is 0 Å². The van der Waals surface area contributed by atoms with Gasteiger partial charge in [0.05, 0.1) is 6.61 Å². The highest BCUT2D eigenvalue weighted by atomic mass is 16.6. The molecule has 6 nitrogen and oxygen atoms in total. The normalized spacial score (nSPS) is 19.2. The molecule has 0 spiro atoms. The van der Waals surface area contributed by atoms with Gasteiger partial charge in [-0.3, -0.25) is 0 Å². The first kappa shape index (κ1) is 15.7. The number of aldehydes is 1. The molecule has 6 heteroatoms. The molecule has 1 rings (SSSR count). The van der Waals surface area contributed by atoms with E-state index in [2.05, 4.69) is 0 Å². The summed E-state index contributed by atoms with van der Waals surface area (Å²) in [5, 5.41) is 38.1. The molecule has 0 unspecified atom stereocenters. The summed E-state index contributed by atoms with van der Waals surface area (Å²) in [4.78, 5) is 10.3. The van der Waals surface area contributed by atoms with E-state index < -0.39 is 24.1 Å². The average Bonchev–Trinajstić information content (AvgIpc) is 2.43. The van der Waals surface area contributed by atoms with Crippen LogP contribution < -0.4 is 0 Å². The Morgan fingerprint density at radius 2 is 1.84 bits per heavy atom. The van der Waals surface area contributed by atoms with Gasteiger partial charge in [0.1, 0.15) is 18.3 Å². The first-order chi connectivity index (χ1) is 8.88. The smallest absolute Gasteiger partial charge is 0.192 e. The standard InChI is InChI=1S/C13H18O6/c1-13(18,12(17)11(16)10(15)7-14)19-8-9-5-3-2-4-6-9/h2-7,10-12,15-18H,8H2,1H3/t10-,11+,12+,13-/m1/s1. The lowest BCUT2D eigenvalue weighted by Crippen LogP contribution is -2.53. The number of ether oxygens (including phenoxy) is 1. The van der Waals surface area contributed by atoms with Crippen molar-refractivity contribution in [2.45, 2.75) is 37.6 Å². The topological polar surface area (TPSA) is 107 Å². The lowest BCUT2D eigenvalue weighted by molar-refractivity contribution is -0.274. The SMILES string of the molecule is C[C@@](O)(OCc1ccccc1)[C@@H](O)[C@@H](O)[C@H](O)C=O. The molecular formula is C13H18O6. The van der Waals surface area contributed by atoms with Crippen LogP contribution >= 0.6 is 0 Å². The molecule has 0 saturated heterocycles. The highest BCUT2D eigenvalue weighted by Crippen LogP contribution is 2.19. The summed E-state index contributed by atoms with van der Waals surface area (Å²) in [6.45, 7) is 1.15. The third-order valence-corrected chi connectivity index (χ3v) is 2.74. The molecule has 0 aliphatic heterocycles.